The summed E-state index contributed by atoms with van der Waals surface area (Å²) < 4.78 is 5.03. The predicted molar refractivity (Wildman–Crippen MR) is 95.1 cm³/mol. The van der Waals surface area contributed by atoms with Crippen LogP contribution in [-0.4, -0.2) is 36.9 Å². The average molecular weight is 357 g/mol. The van der Waals surface area contributed by atoms with Crippen molar-refractivity contribution in [3.63, 3.8) is 0 Å². The number of benzene rings is 2. The number of carbonyl (C=O) groups excluding carboxylic acids is 2. The van der Waals surface area contributed by atoms with Gasteiger partial charge in [-0.2, -0.15) is 0 Å². The summed E-state index contributed by atoms with van der Waals surface area (Å²) in [6, 6.07) is 12.5. The summed E-state index contributed by atoms with van der Waals surface area (Å²) >= 11 is 0. The Morgan fingerprint density at radius 1 is 1.00 bits per heavy atom. The van der Waals surface area contributed by atoms with Gasteiger partial charge < -0.3 is 15.4 Å². The van der Waals surface area contributed by atoms with Crippen LogP contribution >= 0.6 is 0 Å². The first kappa shape index (κ1) is 18.9. The highest BCUT2D eigenvalue weighted by Crippen LogP contribution is 2.12. The van der Waals surface area contributed by atoms with E-state index in [1.165, 1.54) is 12.1 Å². The van der Waals surface area contributed by atoms with Crippen molar-refractivity contribution < 1.29 is 19.2 Å². The Bertz CT molecular complexity index is 772. The summed E-state index contributed by atoms with van der Waals surface area (Å²) in [5.74, 6) is 0.204. The van der Waals surface area contributed by atoms with Gasteiger partial charge in [-0.15, -0.1) is 0 Å². The van der Waals surface area contributed by atoms with Crippen LogP contribution in [0.2, 0.25) is 0 Å². The lowest BCUT2D eigenvalue weighted by Crippen LogP contribution is -2.35. The van der Waals surface area contributed by atoms with Crippen LogP contribution < -0.4 is 15.4 Å². The number of methoxy groups -OCH3 is 1. The molecule has 0 saturated carbocycles. The van der Waals surface area contributed by atoms with E-state index < -0.39 is 4.92 Å². The number of nitrogens with zero attached hydrogens (tertiary/aromatic N) is 1. The van der Waals surface area contributed by atoms with Crippen LogP contribution in [0.15, 0.2) is 48.5 Å². The molecule has 0 aliphatic carbocycles. The van der Waals surface area contributed by atoms with E-state index in [-0.39, 0.29) is 37.0 Å². The van der Waals surface area contributed by atoms with E-state index in [2.05, 4.69) is 10.6 Å². The fraction of sp³-hybridized carbons (Fsp3) is 0.222. The monoisotopic (exact) mass is 357 g/mol. The molecule has 2 aromatic rings. The quantitative estimate of drug-likeness (QED) is 0.424. The molecule has 0 aromatic heterocycles. The number of rotatable bonds is 8. The molecule has 2 aromatic carbocycles. The van der Waals surface area contributed by atoms with Crippen LogP contribution in [0.4, 0.5) is 5.69 Å². The van der Waals surface area contributed by atoms with Gasteiger partial charge >= 0.3 is 0 Å². The zero-order valence-electron chi connectivity index (χ0n) is 14.2. The van der Waals surface area contributed by atoms with Crippen LogP contribution in [0.5, 0.6) is 5.75 Å². The summed E-state index contributed by atoms with van der Waals surface area (Å²) in [6.07, 6.45) is 0.115. The van der Waals surface area contributed by atoms with Crippen molar-refractivity contribution in [1.82, 2.24) is 10.6 Å². The lowest BCUT2D eigenvalue weighted by molar-refractivity contribution is -0.384. The van der Waals surface area contributed by atoms with Crippen molar-refractivity contribution in [3.8, 4) is 5.75 Å². The van der Waals surface area contributed by atoms with Crippen molar-refractivity contribution in [1.29, 1.82) is 0 Å². The van der Waals surface area contributed by atoms with Crippen LogP contribution in [0.1, 0.15) is 15.9 Å². The Balaban J connectivity index is 1.70. The average Bonchev–Trinajstić information content (AvgIpc) is 2.65. The van der Waals surface area contributed by atoms with Gasteiger partial charge in [-0.3, -0.25) is 19.7 Å². The molecule has 0 aliphatic heterocycles. The lowest BCUT2D eigenvalue weighted by atomic mass is 10.1. The minimum atomic E-state index is -0.491. The molecule has 0 aliphatic rings. The summed E-state index contributed by atoms with van der Waals surface area (Å²) in [6.45, 7) is 0.574. The Morgan fingerprint density at radius 2 is 1.62 bits per heavy atom. The molecule has 0 saturated heterocycles. The number of nitro benzene ring substituents is 1. The largest absolute Gasteiger partial charge is 0.497 e. The summed E-state index contributed by atoms with van der Waals surface area (Å²) in [5, 5.41) is 16.0. The number of ether oxygens (including phenoxy) is 1. The predicted octanol–water partition coefficient (Wildman–Crippen LogP) is 1.69. The second-order valence-corrected chi connectivity index (χ2v) is 5.43. The molecule has 2 amide bonds. The Morgan fingerprint density at radius 3 is 2.19 bits per heavy atom. The van der Waals surface area contributed by atoms with Crippen molar-refractivity contribution >= 4 is 17.5 Å². The fourth-order valence-electron chi connectivity index (χ4n) is 2.21. The molecule has 0 spiro atoms. The van der Waals surface area contributed by atoms with Crippen LogP contribution in [0.3, 0.4) is 0 Å². The maximum absolute atomic E-state index is 11.9. The number of hydrogen-bond donors (Lipinski definition) is 2. The van der Waals surface area contributed by atoms with Crippen molar-refractivity contribution in [2.24, 2.45) is 0 Å². The van der Waals surface area contributed by atoms with Crippen molar-refractivity contribution in [2.45, 2.75) is 6.42 Å². The number of carbonyl (C=O) groups is 2. The zero-order valence-corrected chi connectivity index (χ0v) is 14.2. The van der Waals surface area contributed by atoms with Gasteiger partial charge in [0, 0.05) is 30.8 Å². The number of nitro groups is 1. The SMILES string of the molecule is COc1ccc(C(=O)NCCNC(=O)Cc2ccc([N+](=O)[O-])cc2)cc1. The summed E-state index contributed by atoms with van der Waals surface area (Å²) in [7, 11) is 1.55. The van der Waals surface area contributed by atoms with Gasteiger partial charge in [-0.25, -0.2) is 0 Å². The van der Waals surface area contributed by atoms with E-state index in [0.717, 1.165) is 0 Å². The summed E-state index contributed by atoms with van der Waals surface area (Å²) in [5.41, 5.74) is 1.16. The molecule has 0 bridgehead atoms. The first-order valence-corrected chi connectivity index (χ1v) is 7.92. The lowest BCUT2D eigenvalue weighted by Gasteiger charge is -2.08. The van der Waals surface area contributed by atoms with E-state index in [4.69, 9.17) is 4.74 Å². The highest BCUT2D eigenvalue weighted by atomic mass is 16.6. The van der Waals surface area contributed by atoms with Gasteiger partial charge in [0.25, 0.3) is 11.6 Å². The van der Waals surface area contributed by atoms with Crippen molar-refractivity contribution in [3.05, 3.63) is 69.8 Å². The molecular formula is C18H19N3O5. The minimum absolute atomic E-state index is 0.0181. The minimum Gasteiger partial charge on any atom is -0.497 e. The molecule has 2 rings (SSSR count). The first-order chi connectivity index (χ1) is 12.5. The maximum atomic E-state index is 11.9. The van der Waals surface area contributed by atoms with Crippen LogP contribution in [0.25, 0.3) is 0 Å². The Labute approximate surface area is 150 Å². The molecular weight excluding hydrogens is 338 g/mol. The van der Waals surface area contributed by atoms with Crippen LogP contribution in [-0.2, 0) is 11.2 Å². The topological polar surface area (TPSA) is 111 Å². The number of nitrogens with one attached hydrogen (secondary N) is 2. The molecule has 0 fully saturated rings. The molecule has 26 heavy (non-hydrogen) atoms. The molecule has 8 heteroatoms. The van der Waals surface area contributed by atoms with Gasteiger partial charge in [0.05, 0.1) is 18.5 Å². The van der Waals surface area contributed by atoms with E-state index in [0.29, 0.717) is 16.9 Å². The standard InChI is InChI=1S/C18H19N3O5/c1-26-16-8-4-14(5-9-16)18(23)20-11-10-19-17(22)12-13-2-6-15(7-3-13)21(24)25/h2-9H,10-12H2,1H3,(H,19,22)(H,20,23). The molecule has 0 heterocycles. The fourth-order valence-corrected chi connectivity index (χ4v) is 2.21. The van der Waals surface area contributed by atoms with E-state index in [1.807, 2.05) is 0 Å². The van der Waals surface area contributed by atoms with Gasteiger partial charge in [-0.1, -0.05) is 12.1 Å². The second kappa shape index (κ2) is 9.16. The number of non-ortho nitro benzene ring substituents is 1. The normalized spacial score (nSPS) is 10.0. The van der Waals surface area contributed by atoms with Gasteiger partial charge in [0.15, 0.2) is 0 Å². The Hall–Kier alpha value is -3.42. The molecule has 2 N–H and O–H groups in total. The second-order valence-electron chi connectivity index (χ2n) is 5.43. The third-order valence-electron chi connectivity index (χ3n) is 3.60. The zero-order chi connectivity index (χ0) is 18.9. The summed E-state index contributed by atoms with van der Waals surface area (Å²) in [4.78, 5) is 33.9. The third-order valence-corrected chi connectivity index (χ3v) is 3.60. The molecule has 0 unspecified atom stereocenters. The highest BCUT2D eigenvalue weighted by molar-refractivity contribution is 5.94. The molecule has 0 radical (unpaired) electrons. The van der Waals surface area contributed by atoms with E-state index in [9.17, 15) is 19.7 Å². The number of hydrogen-bond acceptors (Lipinski definition) is 5. The molecule has 0 atom stereocenters. The van der Waals surface area contributed by atoms with Crippen molar-refractivity contribution in [2.75, 3.05) is 20.2 Å². The van der Waals surface area contributed by atoms with Gasteiger partial charge in [0.1, 0.15) is 5.75 Å². The van der Waals surface area contributed by atoms with E-state index in [1.54, 1.807) is 43.5 Å². The van der Waals surface area contributed by atoms with Gasteiger partial charge in [0.2, 0.25) is 5.91 Å². The molecule has 136 valence electrons. The molecule has 8 nitrogen and oxygen atoms in total. The number of amides is 2. The smallest absolute Gasteiger partial charge is 0.269 e. The van der Waals surface area contributed by atoms with Gasteiger partial charge in [-0.05, 0) is 29.8 Å². The third kappa shape index (κ3) is 5.59. The first-order valence-electron chi connectivity index (χ1n) is 7.92. The Kier molecular flexibility index (Phi) is 6.67. The maximum Gasteiger partial charge on any atom is 0.269 e. The highest BCUT2D eigenvalue weighted by Gasteiger charge is 2.08. The van der Waals surface area contributed by atoms with E-state index >= 15 is 0 Å². The van der Waals surface area contributed by atoms with Crippen LogP contribution in [0, 0.1) is 10.1 Å².